The molecule has 0 spiro atoms. The zero-order valence-corrected chi connectivity index (χ0v) is 15.7. The molecule has 2 aromatic carbocycles. The lowest BCUT2D eigenvalue weighted by atomic mass is 10.0. The maximum Gasteiger partial charge on any atom is 0.276 e. The van der Waals surface area contributed by atoms with Crippen LogP contribution in [0.2, 0.25) is 5.02 Å². The number of rotatable bonds is 3. The van der Waals surface area contributed by atoms with Crippen LogP contribution in [-0.2, 0) is 11.2 Å². The van der Waals surface area contributed by atoms with E-state index in [4.69, 9.17) is 11.6 Å². The van der Waals surface area contributed by atoms with Gasteiger partial charge in [0, 0.05) is 22.8 Å². The lowest BCUT2D eigenvalue weighted by Crippen LogP contribution is -2.20. The Morgan fingerprint density at radius 3 is 2.86 bits per heavy atom. The number of halogens is 2. The second-order valence-electron chi connectivity index (χ2n) is 6.55. The molecule has 1 aromatic heterocycles. The summed E-state index contributed by atoms with van der Waals surface area (Å²) in [6, 6.07) is 11.5. The van der Waals surface area contributed by atoms with Crippen molar-refractivity contribution in [3.63, 3.8) is 0 Å². The highest BCUT2D eigenvalue weighted by Crippen LogP contribution is 2.29. The van der Waals surface area contributed by atoms with E-state index in [1.165, 1.54) is 12.1 Å². The van der Waals surface area contributed by atoms with Crippen molar-refractivity contribution in [3.8, 4) is 5.69 Å². The van der Waals surface area contributed by atoms with Gasteiger partial charge in [0.1, 0.15) is 5.82 Å². The summed E-state index contributed by atoms with van der Waals surface area (Å²) in [7, 11) is 0. The van der Waals surface area contributed by atoms with Crippen LogP contribution in [0.15, 0.2) is 42.5 Å². The van der Waals surface area contributed by atoms with E-state index >= 15 is 0 Å². The fourth-order valence-corrected chi connectivity index (χ4v) is 3.32. The fraction of sp³-hybridized carbons (Fsp3) is 0.150. The van der Waals surface area contributed by atoms with Crippen LogP contribution >= 0.6 is 11.6 Å². The van der Waals surface area contributed by atoms with Gasteiger partial charge in [0.25, 0.3) is 5.91 Å². The van der Waals surface area contributed by atoms with Gasteiger partial charge in [-0.3, -0.25) is 9.59 Å². The minimum Gasteiger partial charge on any atom is -0.326 e. The third kappa shape index (κ3) is 3.48. The summed E-state index contributed by atoms with van der Waals surface area (Å²) in [6.45, 7) is 1.81. The number of nitrogens with zero attached hydrogens (tertiary/aromatic N) is 2. The van der Waals surface area contributed by atoms with Crippen molar-refractivity contribution < 1.29 is 14.0 Å². The first-order chi connectivity index (χ1) is 13.4. The van der Waals surface area contributed by atoms with Gasteiger partial charge in [0.15, 0.2) is 5.69 Å². The number of fused-ring (bicyclic) bond motifs is 1. The number of nitrogens with one attached hydrogen (secondary N) is 2. The molecule has 0 aliphatic carbocycles. The van der Waals surface area contributed by atoms with Gasteiger partial charge >= 0.3 is 0 Å². The first-order valence-electron chi connectivity index (χ1n) is 8.67. The highest BCUT2D eigenvalue weighted by atomic mass is 35.5. The molecule has 4 rings (SSSR count). The molecule has 8 heteroatoms. The van der Waals surface area contributed by atoms with Crippen molar-refractivity contribution in [2.75, 3.05) is 10.6 Å². The van der Waals surface area contributed by atoms with Crippen molar-refractivity contribution in [3.05, 3.63) is 70.3 Å². The fourth-order valence-electron chi connectivity index (χ4n) is 3.14. The first kappa shape index (κ1) is 18.2. The number of anilines is 2. The summed E-state index contributed by atoms with van der Waals surface area (Å²) in [6.07, 6.45) is 0.786. The number of aryl methyl sites for hydroxylation is 2. The molecule has 0 radical (unpaired) electrons. The Morgan fingerprint density at radius 2 is 2.07 bits per heavy atom. The number of carbonyl (C=O) groups is 2. The van der Waals surface area contributed by atoms with Crippen LogP contribution < -0.4 is 10.6 Å². The van der Waals surface area contributed by atoms with Crippen LogP contribution in [0.3, 0.4) is 0 Å². The highest BCUT2D eigenvalue weighted by molar-refractivity contribution is 6.30. The molecule has 0 fully saturated rings. The lowest BCUT2D eigenvalue weighted by Gasteiger charge is -2.18. The SMILES string of the molecule is Cc1cc(C(=O)Nc2cc3c(cc2F)CCC(=O)N3)nn1-c1cccc(Cl)c1. The van der Waals surface area contributed by atoms with Crippen molar-refractivity contribution >= 4 is 34.8 Å². The maximum atomic E-state index is 14.4. The summed E-state index contributed by atoms with van der Waals surface area (Å²) in [5, 5.41) is 10.1. The van der Waals surface area contributed by atoms with Gasteiger partial charge in [0.05, 0.1) is 11.4 Å². The first-order valence-corrected chi connectivity index (χ1v) is 9.05. The van der Waals surface area contributed by atoms with Crippen LogP contribution in [0.25, 0.3) is 5.69 Å². The lowest BCUT2D eigenvalue weighted by molar-refractivity contribution is -0.116. The van der Waals surface area contributed by atoms with Gasteiger partial charge in [-0.15, -0.1) is 0 Å². The number of hydrogen-bond acceptors (Lipinski definition) is 3. The Bertz CT molecular complexity index is 1110. The molecular formula is C20H16ClFN4O2. The minimum atomic E-state index is -0.561. The molecule has 1 aliphatic heterocycles. The maximum absolute atomic E-state index is 14.4. The summed E-state index contributed by atoms with van der Waals surface area (Å²) in [5.41, 5.74) is 2.78. The van der Waals surface area contributed by atoms with Crippen molar-refractivity contribution in [2.24, 2.45) is 0 Å². The third-order valence-electron chi connectivity index (χ3n) is 4.51. The number of carbonyl (C=O) groups excluding carboxylic acids is 2. The predicted octanol–water partition coefficient (Wildman–Crippen LogP) is 4.11. The number of amides is 2. The van der Waals surface area contributed by atoms with Crippen LogP contribution in [0.4, 0.5) is 15.8 Å². The van der Waals surface area contributed by atoms with Crippen molar-refractivity contribution in [1.29, 1.82) is 0 Å². The Hall–Kier alpha value is -3.19. The molecule has 28 heavy (non-hydrogen) atoms. The van der Waals surface area contributed by atoms with E-state index in [9.17, 15) is 14.0 Å². The molecular weight excluding hydrogens is 383 g/mol. The normalized spacial score (nSPS) is 13.0. The summed E-state index contributed by atoms with van der Waals surface area (Å²) >= 11 is 6.02. The topological polar surface area (TPSA) is 76.0 Å². The van der Waals surface area contributed by atoms with Gasteiger partial charge in [0.2, 0.25) is 5.91 Å². The number of benzene rings is 2. The quantitative estimate of drug-likeness (QED) is 0.697. The van der Waals surface area contributed by atoms with Crippen LogP contribution in [-0.4, -0.2) is 21.6 Å². The molecule has 2 heterocycles. The molecule has 0 unspecified atom stereocenters. The molecule has 6 nitrogen and oxygen atoms in total. The van der Waals surface area contributed by atoms with Gasteiger partial charge in [-0.05, 0) is 55.3 Å². The molecule has 3 aromatic rings. The average Bonchev–Trinajstić information content (AvgIpc) is 3.04. The Balaban J connectivity index is 1.60. The van der Waals surface area contributed by atoms with E-state index in [2.05, 4.69) is 15.7 Å². The summed E-state index contributed by atoms with van der Waals surface area (Å²) < 4.78 is 16.0. The van der Waals surface area contributed by atoms with Crippen LogP contribution in [0.1, 0.15) is 28.2 Å². The Kier molecular flexibility index (Phi) is 4.60. The smallest absolute Gasteiger partial charge is 0.276 e. The number of hydrogen-bond donors (Lipinski definition) is 2. The summed E-state index contributed by atoms with van der Waals surface area (Å²) in [4.78, 5) is 24.1. The highest BCUT2D eigenvalue weighted by Gasteiger charge is 2.20. The van der Waals surface area contributed by atoms with Gasteiger partial charge < -0.3 is 10.6 Å². The predicted molar refractivity (Wildman–Crippen MR) is 105 cm³/mol. The van der Waals surface area contributed by atoms with E-state index in [1.807, 2.05) is 6.07 Å². The second kappa shape index (κ2) is 7.09. The summed E-state index contributed by atoms with van der Waals surface area (Å²) in [5.74, 6) is -1.24. The Labute approximate surface area is 165 Å². The molecule has 0 atom stereocenters. The van der Waals surface area contributed by atoms with E-state index < -0.39 is 11.7 Å². The van der Waals surface area contributed by atoms with Gasteiger partial charge in [-0.1, -0.05) is 17.7 Å². The van der Waals surface area contributed by atoms with Crippen molar-refractivity contribution in [1.82, 2.24) is 9.78 Å². The van der Waals surface area contributed by atoms with Gasteiger partial charge in [-0.25, -0.2) is 9.07 Å². The third-order valence-corrected chi connectivity index (χ3v) is 4.74. The zero-order valence-electron chi connectivity index (χ0n) is 14.9. The van der Waals surface area contributed by atoms with Crippen LogP contribution in [0.5, 0.6) is 0 Å². The van der Waals surface area contributed by atoms with E-state index in [-0.39, 0.29) is 17.3 Å². The van der Waals surface area contributed by atoms with Crippen LogP contribution in [0, 0.1) is 12.7 Å². The van der Waals surface area contributed by atoms with E-state index in [0.29, 0.717) is 34.8 Å². The monoisotopic (exact) mass is 398 g/mol. The molecule has 2 N–H and O–H groups in total. The Morgan fingerprint density at radius 1 is 1.25 bits per heavy atom. The standard InChI is InChI=1S/C20H16ClFN4O2/c1-11-7-18(25-26(11)14-4-2-3-13(21)9-14)20(28)24-17-10-16-12(8-15(17)22)5-6-19(27)23-16/h2-4,7-10H,5-6H2,1H3,(H,23,27)(H,24,28). The molecule has 0 saturated heterocycles. The number of aromatic nitrogens is 2. The largest absolute Gasteiger partial charge is 0.326 e. The van der Waals surface area contributed by atoms with E-state index in [0.717, 1.165) is 5.69 Å². The second-order valence-corrected chi connectivity index (χ2v) is 6.99. The van der Waals surface area contributed by atoms with Crippen molar-refractivity contribution in [2.45, 2.75) is 19.8 Å². The van der Waals surface area contributed by atoms with E-state index in [1.54, 1.807) is 35.9 Å². The molecule has 2 amide bonds. The average molecular weight is 399 g/mol. The minimum absolute atomic E-state index is 0.0130. The molecule has 0 bridgehead atoms. The molecule has 142 valence electrons. The molecule has 0 saturated carbocycles. The molecule has 1 aliphatic rings. The van der Waals surface area contributed by atoms with Gasteiger partial charge in [-0.2, -0.15) is 5.10 Å². The zero-order chi connectivity index (χ0) is 19.8.